The fourth-order valence-corrected chi connectivity index (χ4v) is 3.15. The summed E-state index contributed by atoms with van der Waals surface area (Å²) < 4.78 is 10.8. The minimum Gasteiger partial charge on any atom is -0.493 e. The number of thiophene rings is 1. The van der Waals surface area contributed by atoms with Gasteiger partial charge in [0, 0.05) is 12.1 Å². The molecule has 1 aromatic heterocycles. The lowest BCUT2D eigenvalue weighted by Gasteiger charge is -2.24. The Balaban J connectivity index is 2.06. The molecule has 0 aliphatic heterocycles. The van der Waals surface area contributed by atoms with Gasteiger partial charge in [-0.3, -0.25) is 4.79 Å². The predicted molar refractivity (Wildman–Crippen MR) is 97.2 cm³/mol. The molecule has 0 aliphatic carbocycles. The molecule has 0 radical (unpaired) electrons. The van der Waals surface area contributed by atoms with E-state index in [0.29, 0.717) is 30.2 Å². The molecule has 2 aromatic rings. The van der Waals surface area contributed by atoms with Crippen molar-refractivity contribution in [2.45, 2.75) is 13.0 Å². The molecule has 0 fully saturated rings. The van der Waals surface area contributed by atoms with Gasteiger partial charge in [0.2, 0.25) is 0 Å². The summed E-state index contributed by atoms with van der Waals surface area (Å²) in [5.41, 5.74) is 1.76. The van der Waals surface area contributed by atoms with Gasteiger partial charge in [0.25, 0.3) is 5.91 Å². The van der Waals surface area contributed by atoms with Crippen molar-refractivity contribution in [3.8, 4) is 11.5 Å². The highest BCUT2D eigenvalue weighted by Gasteiger charge is 2.17. The van der Waals surface area contributed by atoms with Gasteiger partial charge in [-0.05, 0) is 61.6 Å². The van der Waals surface area contributed by atoms with Gasteiger partial charge in [0.15, 0.2) is 11.5 Å². The van der Waals surface area contributed by atoms with E-state index in [-0.39, 0.29) is 11.9 Å². The number of nitrogens with one attached hydrogen (secondary N) is 1. The summed E-state index contributed by atoms with van der Waals surface area (Å²) in [4.78, 5) is 14.6. The first kappa shape index (κ1) is 18.3. The Kier molecular flexibility index (Phi) is 6.63. The van der Waals surface area contributed by atoms with Crippen molar-refractivity contribution in [2.75, 3.05) is 34.4 Å². The summed E-state index contributed by atoms with van der Waals surface area (Å²) in [6.07, 6.45) is 0. The number of likely N-dealkylation sites (N-methyl/N-ethyl adjacent to an activating group) is 1. The second-order valence-corrected chi connectivity index (χ2v) is 6.32. The monoisotopic (exact) mass is 348 g/mol. The standard InChI is InChI=1S/C18H24N2O3S/c1-5-23-16-7-6-13(10-17(16)22-4)18(21)19-11-15(20(2)3)14-8-9-24-12-14/h6-10,12,15H,5,11H2,1-4H3,(H,19,21)/t15-/m1/s1. The maximum Gasteiger partial charge on any atom is 0.251 e. The van der Waals surface area contributed by atoms with Gasteiger partial charge in [-0.15, -0.1) is 0 Å². The molecule has 130 valence electrons. The van der Waals surface area contributed by atoms with Gasteiger partial charge < -0.3 is 19.7 Å². The first-order chi connectivity index (χ1) is 11.6. The summed E-state index contributed by atoms with van der Waals surface area (Å²) in [5, 5.41) is 7.15. The highest BCUT2D eigenvalue weighted by atomic mass is 32.1. The fraction of sp³-hybridized carbons (Fsp3) is 0.389. The molecule has 0 aliphatic rings. The summed E-state index contributed by atoms with van der Waals surface area (Å²) in [6.45, 7) is 3.00. The second-order valence-electron chi connectivity index (χ2n) is 5.54. The van der Waals surface area contributed by atoms with E-state index in [4.69, 9.17) is 9.47 Å². The van der Waals surface area contributed by atoms with Crippen LogP contribution in [0.3, 0.4) is 0 Å². The molecule has 1 aromatic carbocycles. The zero-order chi connectivity index (χ0) is 17.5. The molecule has 2 rings (SSSR count). The predicted octanol–water partition coefficient (Wildman–Crippen LogP) is 3.19. The lowest BCUT2D eigenvalue weighted by molar-refractivity contribution is 0.0941. The van der Waals surface area contributed by atoms with Crippen LogP contribution < -0.4 is 14.8 Å². The van der Waals surface area contributed by atoms with Crippen LogP contribution in [0.15, 0.2) is 35.0 Å². The Hall–Kier alpha value is -2.05. The van der Waals surface area contributed by atoms with Crippen LogP contribution in [0.2, 0.25) is 0 Å². The Labute approximate surface area is 147 Å². The molecule has 0 unspecified atom stereocenters. The van der Waals surface area contributed by atoms with Crippen molar-refractivity contribution in [3.63, 3.8) is 0 Å². The van der Waals surface area contributed by atoms with Gasteiger partial charge >= 0.3 is 0 Å². The highest BCUT2D eigenvalue weighted by molar-refractivity contribution is 7.07. The number of carbonyl (C=O) groups is 1. The third-order valence-electron chi connectivity index (χ3n) is 3.73. The van der Waals surface area contributed by atoms with Crippen LogP contribution in [0.4, 0.5) is 0 Å². The minimum absolute atomic E-state index is 0.126. The summed E-state index contributed by atoms with van der Waals surface area (Å²) in [6, 6.07) is 7.44. The largest absolute Gasteiger partial charge is 0.493 e. The third kappa shape index (κ3) is 4.49. The van der Waals surface area contributed by atoms with E-state index >= 15 is 0 Å². The Morgan fingerprint density at radius 3 is 2.67 bits per heavy atom. The number of nitrogens with zero attached hydrogens (tertiary/aromatic N) is 1. The van der Waals surface area contributed by atoms with Crippen LogP contribution in [0, 0.1) is 0 Å². The maximum absolute atomic E-state index is 12.5. The molecule has 0 saturated heterocycles. The van der Waals surface area contributed by atoms with Crippen LogP contribution in [-0.4, -0.2) is 45.2 Å². The number of amides is 1. The van der Waals surface area contributed by atoms with E-state index in [9.17, 15) is 4.79 Å². The van der Waals surface area contributed by atoms with Crippen LogP contribution in [-0.2, 0) is 0 Å². The molecule has 0 spiro atoms. The summed E-state index contributed by atoms with van der Waals surface area (Å²) in [7, 11) is 5.58. The minimum atomic E-state index is -0.126. The van der Waals surface area contributed by atoms with Gasteiger partial charge in [-0.25, -0.2) is 0 Å². The molecule has 0 bridgehead atoms. The molecule has 0 saturated carbocycles. The topological polar surface area (TPSA) is 50.8 Å². The fourth-order valence-electron chi connectivity index (χ4n) is 2.44. The smallest absolute Gasteiger partial charge is 0.251 e. The maximum atomic E-state index is 12.5. The number of hydrogen-bond acceptors (Lipinski definition) is 5. The molecule has 1 N–H and O–H groups in total. The number of methoxy groups -OCH3 is 1. The number of ether oxygens (including phenoxy) is 2. The number of rotatable bonds is 8. The molecule has 1 atom stereocenters. The van der Waals surface area contributed by atoms with E-state index in [2.05, 4.69) is 21.7 Å². The number of benzene rings is 1. The van der Waals surface area contributed by atoms with Crippen molar-refractivity contribution in [3.05, 3.63) is 46.2 Å². The van der Waals surface area contributed by atoms with Crippen molar-refractivity contribution in [1.29, 1.82) is 0 Å². The first-order valence-corrected chi connectivity index (χ1v) is 8.78. The third-order valence-corrected chi connectivity index (χ3v) is 4.43. The van der Waals surface area contributed by atoms with Gasteiger partial charge in [-0.1, -0.05) is 0 Å². The van der Waals surface area contributed by atoms with Crippen LogP contribution >= 0.6 is 11.3 Å². The van der Waals surface area contributed by atoms with Crippen molar-refractivity contribution in [2.24, 2.45) is 0 Å². The normalized spacial score (nSPS) is 12.0. The molecule has 5 nitrogen and oxygen atoms in total. The SMILES string of the molecule is CCOc1ccc(C(=O)NC[C@H](c2ccsc2)N(C)C)cc1OC. The zero-order valence-electron chi connectivity index (χ0n) is 14.5. The second kappa shape index (κ2) is 8.70. The molecular formula is C18H24N2O3S. The average molecular weight is 348 g/mol. The van der Waals surface area contributed by atoms with E-state index in [1.54, 1.807) is 36.6 Å². The molecular weight excluding hydrogens is 324 g/mol. The van der Waals surface area contributed by atoms with Crippen molar-refractivity contribution < 1.29 is 14.3 Å². The highest BCUT2D eigenvalue weighted by Crippen LogP contribution is 2.28. The lowest BCUT2D eigenvalue weighted by atomic mass is 10.1. The molecule has 6 heteroatoms. The average Bonchev–Trinajstić information content (AvgIpc) is 3.09. The van der Waals surface area contributed by atoms with Gasteiger partial charge in [0.1, 0.15) is 0 Å². The van der Waals surface area contributed by atoms with E-state index in [1.807, 2.05) is 26.4 Å². The van der Waals surface area contributed by atoms with Crippen molar-refractivity contribution >= 4 is 17.2 Å². The molecule has 1 amide bonds. The molecule has 24 heavy (non-hydrogen) atoms. The Morgan fingerprint density at radius 1 is 1.29 bits per heavy atom. The van der Waals surface area contributed by atoms with E-state index in [0.717, 1.165) is 0 Å². The van der Waals surface area contributed by atoms with Gasteiger partial charge in [0.05, 0.1) is 19.8 Å². The van der Waals surface area contributed by atoms with E-state index in [1.165, 1.54) is 5.56 Å². The quantitative estimate of drug-likeness (QED) is 0.796. The van der Waals surface area contributed by atoms with Gasteiger partial charge in [-0.2, -0.15) is 11.3 Å². The Morgan fingerprint density at radius 2 is 2.08 bits per heavy atom. The van der Waals surface area contributed by atoms with E-state index < -0.39 is 0 Å². The summed E-state index contributed by atoms with van der Waals surface area (Å²) in [5.74, 6) is 1.07. The van der Waals surface area contributed by atoms with Crippen LogP contribution in [0.1, 0.15) is 28.9 Å². The van der Waals surface area contributed by atoms with Crippen LogP contribution in [0.25, 0.3) is 0 Å². The zero-order valence-corrected chi connectivity index (χ0v) is 15.4. The number of hydrogen-bond donors (Lipinski definition) is 1. The first-order valence-electron chi connectivity index (χ1n) is 7.84. The van der Waals surface area contributed by atoms with Crippen molar-refractivity contribution in [1.82, 2.24) is 10.2 Å². The summed E-state index contributed by atoms with van der Waals surface area (Å²) >= 11 is 1.66. The lowest BCUT2D eigenvalue weighted by Crippen LogP contribution is -2.34. The Bertz CT molecular complexity index is 656. The van der Waals surface area contributed by atoms with Crippen LogP contribution in [0.5, 0.6) is 11.5 Å². The number of carbonyl (C=O) groups excluding carboxylic acids is 1. The molecule has 1 heterocycles.